The lowest BCUT2D eigenvalue weighted by Crippen LogP contribution is -2.44. The first-order valence-electron chi connectivity index (χ1n) is 9.28. The Labute approximate surface area is 170 Å². The van der Waals surface area contributed by atoms with Crippen molar-refractivity contribution in [1.82, 2.24) is 10.2 Å². The first-order chi connectivity index (χ1) is 13.5. The van der Waals surface area contributed by atoms with Crippen LogP contribution in [0.4, 0.5) is 10.1 Å². The quantitative estimate of drug-likeness (QED) is 0.800. The maximum absolute atomic E-state index is 14.0. The van der Waals surface area contributed by atoms with E-state index in [1.165, 1.54) is 18.2 Å². The smallest absolute Gasteiger partial charge is 0.255 e. The van der Waals surface area contributed by atoms with Crippen LogP contribution < -0.4 is 10.2 Å². The fourth-order valence-corrected chi connectivity index (χ4v) is 3.58. The van der Waals surface area contributed by atoms with Crippen LogP contribution in [0.15, 0.2) is 42.5 Å². The number of rotatable bonds is 6. The number of nitrogens with one attached hydrogen (secondary N) is 1. The average Bonchev–Trinajstić information content (AvgIpc) is 2.69. The molecule has 0 bridgehead atoms. The topological polar surface area (TPSA) is 44.8 Å². The van der Waals surface area contributed by atoms with Crippen LogP contribution in [0.25, 0.3) is 0 Å². The molecule has 0 spiro atoms. The molecule has 1 fully saturated rings. The predicted molar refractivity (Wildman–Crippen MR) is 110 cm³/mol. The first kappa shape index (κ1) is 20.6. The number of hydrogen-bond acceptors (Lipinski definition) is 4. The number of nitrogens with zero attached hydrogens (tertiary/aromatic N) is 2. The number of carbonyl (C=O) groups is 1. The molecule has 0 aromatic heterocycles. The van der Waals surface area contributed by atoms with Gasteiger partial charge in [-0.3, -0.25) is 9.69 Å². The summed E-state index contributed by atoms with van der Waals surface area (Å²) < 4.78 is 19.5. The highest BCUT2D eigenvalue weighted by Crippen LogP contribution is 2.24. The minimum atomic E-state index is -0.622. The van der Waals surface area contributed by atoms with Gasteiger partial charge in [0.05, 0.1) is 29.8 Å². The third-order valence-corrected chi connectivity index (χ3v) is 5.24. The number of amides is 1. The number of morpholine rings is 1. The molecule has 5 nitrogen and oxygen atoms in total. The SMILES string of the molecule is CN(C)c1ccc([C@H](CNC(=O)c2c(F)cccc2Cl)N2CCOCC2)cc1. The van der Waals surface area contributed by atoms with Crippen molar-refractivity contribution >= 4 is 23.2 Å². The fraction of sp³-hybridized carbons (Fsp3) is 0.381. The second-order valence-electron chi connectivity index (χ2n) is 6.96. The van der Waals surface area contributed by atoms with Crippen LogP contribution in [0, 0.1) is 5.82 Å². The Bertz CT molecular complexity index is 788. The summed E-state index contributed by atoms with van der Waals surface area (Å²) in [5.41, 5.74) is 2.08. The lowest BCUT2D eigenvalue weighted by molar-refractivity contribution is 0.0162. The largest absolute Gasteiger partial charge is 0.379 e. The van der Waals surface area contributed by atoms with Crippen LogP contribution in [0.5, 0.6) is 0 Å². The molecule has 1 aliphatic heterocycles. The van der Waals surface area contributed by atoms with Gasteiger partial charge in [-0.2, -0.15) is 0 Å². The molecule has 1 atom stereocenters. The summed E-state index contributed by atoms with van der Waals surface area (Å²) in [5, 5.41) is 2.96. The van der Waals surface area contributed by atoms with Gasteiger partial charge in [-0.15, -0.1) is 0 Å². The summed E-state index contributed by atoms with van der Waals surface area (Å²) >= 11 is 6.02. The van der Waals surface area contributed by atoms with E-state index >= 15 is 0 Å². The third-order valence-electron chi connectivity index (χ3n) is 4.93. The van der Waals surface area contributed by atoms with Crippen LogP contribution in [-0.4, -0.2) is 57.8 Å². The van der Waals surface area contributed by atoms with E-state index in [1.54, 1.807) is 0 Å². The van der Waals surface area contributed by atoms with Crippen molar-refractivity contribution in [2.45, 2.75) is 6.04 Å². The summed E-state index contributed by atoms with van der Waals surface area (Å²) in [6.07, 6.45) is 0. The monoisotopic (exact) mass is 405 g/mol. The normalized spacial score (nSPS) is 15.9. The van der Waals surface area contributed by atoms with Crippen molar-refractivity contribution in [1.29, 1.82) is 0 Å². The Hall–Kier alpha value is -2.15. The van der Waals surface area contributed by atoms with Crippen molar-refractivity contribution in [3.05, 3.63) is 64.4 Å². The van der Waals surface area contributed by atoms with Crippen LogP contribution >= 0.6 is 11.6 Å². The Balaban J connectivity index is 1.78. The second-order valence-corrected chi connectivity index (χ2v) is 7.36. The van der Waals surface area contributed by atoms with Gasteiger partial charge in [-0.05, 0) is 29.8 Å². The fourth-order valence-electron chi connectivity index (χ4n) is 3.33. The van der Waals surface area contributed by atoms with E-state index in [2.05, 4.69) is 34.5 Å². The van der Waals surface area contributed by atoms with Crippen LogP contribution in [-0.2, 0) is 4.74 Å². The number of anilines is 1. The van der Waals surface area contributed by atoms with Gasteiger partial charge in [0.2, 0.25) is 0 Å². The first-order valence-corrected chi connectivity index (χ1v) is 9.66. The Morgan fingerprint density at radius 2 is 1.89 bits per heavy atom. The van der Waals surface area contributed by atoms with E-state index in [9.17, 15) is 9.18 Å². The molecule has 0 unspecified atom stereocenters. The van der Waals surface area contributed by atoms with Crippen molar-refractivity contribution < 1.29 is 13.9 Å². The van der Waals surface area contributed by atoms with E-state index in [4.69, 9.17) is 16.3 Å². The second kappa shape index (κ2) is 9.37. The highest BCUT2D eigenvalue weighted by Gasteiger charge is 2.24. The molecule has 1 heterocycles. The zero-order chi connectivity index (χ0) is 20.1. The average molecular weight is 406 g/mol. The zero-order valence-electron chi connectivity index (χ0n) is 16.1. The molecule has 1 N–H and O–H groups in total. The van der Waals surface area contributed by atoms with E-state index < -0.39 is 11.7 Å². The van der Waals surface area contributed by atoms with E-state index in [1.807, 2.05) is 19.0 Å². The molecule has 0 saturated carbocycles. The van der Waals surface area contributed by atoms with Gasteiger partial charge in [-0.25, -0.2) is 4.39 Å². The van der Waals surface area contributed by atoms with Gasteiger partial charge in [0.25, 0.3) is 5.91 Å². The van der Waals surface area contributed by atoms with E-state index in [0.717, 1.165) is 24.3 Å². The number of halogens is 2. The summed E-state index contributed by atoms with van der Waals surface area (Å²) in [6, 6.07) is 12.4. The molecule has 28 heavy (non-hydrogen) atoms. The molecule has 0 aliphatic carbocycles. The summed E-state index contributed by atoms with van der Waals surface area (Å²) in [5.74, 6) is -1.13. The Morgan fingerprint density at radius 3 is 2.50 bits per heavy atom. The highest BCUT2D eigenvalue weighted by atomic mass is 35.5. The molecular formula is C21H25ClFN3O2. The summed E-state index contributed by atoms with van der Waals surface area (Å²) in [7, 11) is 3.99. The molecule has 2 aromatic rings. The van der Waals surface area contributed by atoms with E-state index in [-0.39, 0.29) is 16.6 Å². The van der Waals surface area contributed by atoms with Crippen molar-refractivity contribution in [2.75, 3.05) is 51.8 Å². The molecular weight excluding hydrogens is 381 g/mol. The van der Waals surface area contributed by atoms with Crippen LogP contribution in [0.1, 0.15) is 22.0 Å². The predicted octanol–water partition coefficient (Wildman–Crippen LogP) is 3.35. The third kappa shape index (κ3) is 4.82. The Morgan fingerprint density at radius 1 is 1.21 bits per heavy atom. The summed E-state index contributed by atoms with van der Waals surface area (Å²) in [4.78, 5) is 16.9. The lowest BCUT2D eigenvalue weighted by atomic mass is 10.0. The van der Waals surface area contributed by atoms with Gasteiger partial charge < -0.3 is 15.0 Å². The maximum atomic E-state index is 14.0. The van der Waals surface area contributed by atoms with Gasteiger partial charge >= 0.3 is 0 Å². The standard InChI is InChI=1S/C21H25ClFN3O2/c1-25(2)16-8-6-15(7-9-16)19(26-10-12-28-13-11-26)14-24-21(27)20-17(22)4-3-5-18(20)23/h3-9,19H,10-14H2,1-2H3,(H,24,27)/t19-/m0/s1. The minimum Gasteiger partial charge on any atom is -0.379 e. The molecule has 7 heteroatoms. The lowest BCUT2D eigenvalue weighted by Gasteiger charge is -2.35. The highest BCUT2D eigenvalue weighted by molar-refractivity contribution is 6.33. The van der Waals surface area contributed by atoms with Crippen molar-refractivity contribution in [3.63, 3.8) is 0 Å². The number of ether oxygens (including phenoxy) is 1. The van der Waals surface area contributed by atoms with Crippen LogP contribution in [0.2, 0.25) is 5.02 Å². The number of carbonyl (C=O) groups excluding carboxylic acids is 1. The van der Waals surface area contributed by atoms with Crippen LogP contribution in [0.3, 0.4) is 0 Å². The maximum Gasteiger partial charge on any atom is 0.255 e. The van der Waals surface area contributed by atoms with Gasteiger partial charge in [0.15, 0.2) is 0 Å². The summed E-state index contributed by atoms with van der Waals surface area (Å²) in [6.45, 7) is 3.20. The van der Waals surface area contributed by atoms with Gasteiger partial charge in [0.1, 0.15) is 5.82 Å². The molecule has 1 amide bonds. The zero-order valence-corrected chi connectivity index (χ0v) is 16.9. The molecule has 2 aromatic carbocycles. The molecule has 0 radical (unpaired) electrons. The van der Waals surface area contributed by atoms with Crippen molar-refractivity contribution in [2.24, 2.45) is 0 Å². The molecule has 1 saturated heterocycles. The van der Waals surface area contributed by atoms with E-state index in [0.29, 0.717) is 19.8 Å². The number of benzene rings is 2. The van der Waals surface area contributed by atoms with Gasteiger partial charge in [0, 0.05) is 39.4 Å². The molecule has 1 aliphatic rings. The molecule has 3 rings (SSSR count). The van der Waals surface area contributed by atoms with Crippen molar-refractivity contribution in [3.8, 4) is 0 Å². The molecule has 150 valence electrons. The Kier molecular flexibility index (Phi) is 6.88. The number of hydrogen-bond donors (Lipinski definition) is 1. The van der Waals surface area contributed by atoms with Gasteiger partial charge in [-0.1, -0.05) is 29.8 Å². The minimum absolute atomic E-state index is 0.0328.